The number of hydrogen-bond acceptors (Lipinski definition) is 4. The first-order valence-corrected chi connectivity index (χ1v) is 6.94. The summed E-state index contributed by atoms with van der Waals surface area (Å²) in [7, 11) is 0. The number of amides is 2. The van der Waals surface area contributed by atoms with Crippen LogP contribution in [0.3, 0.4) is 0 Å². The second kappa shape index (κ2) is 6.23. The highest BCUT2D eigenvalue weighted by molar-refractivity contribution is 9.10. The van der Waals surface area contributed by atoms with Crippen molar-refractivity contribution in [3.8, 4) is 5.75 Å². The van der Waals surface area contributed by atoms with E-state index in [0.717, 1.165) is 4.47 Å². The number of halogens is 1. The summed E-state index contributed by atoms with van der Waals surface area (Å²) in [5.74, 6) is -0.0376. The van der Waals surface area contributed by atoms with Crippen molar-refractivity contribution in [1.29, 1.82) is 0 Å². The van der Waals surface area contributed by atoms with Gasteiger partial charge in [0.15, 0.2) is 6.61 Å². The molecule has 2 rings (SSSR count). The number of nitrogens with one attached hydrogen (secondary N) is 1. The van der Waals surface area contributed by atoms with E-state index in [4.69, 9.17) is 9.84 Å². The fourth-order valence-corrected chi connectivity index (χ4v) is 2.15. The molecule has 2 amide bonds. The Hall–Kier alpha value is -1.60. The summed E-state index contributed by atoms with van der Waals surface area (Å²) in [6.07, 6.45) is -0.623. The molecule has 0 aromatic heterocycles. The molecule has 0 saturated heterocycles. The van der Waals surface area contributed by atoms with E-state index in [2.05, 4.69) is 21.2 Å². The average molecular weight is 343 g/mol. The van der Waals surface area contributed by atoms with Crippen molar-refractivity contribution >= 4 is 33.4 Å². The number of aliphatic hydroxyl groups is 1. The molecule has 1 aromatic rings. The Kier molecular flexibility index (Phi) is 4.61. The number of ether oxygens (including phenoxy) is 1. The first-order chi connectivity index (χ1) is 9.47. The van der Waals surface area contributed by atoms with Crippen LogP contribution in [-0.4, -0.2) is 42.7 Å². The largest absolute Gasteiger partial charge is 0.482 e. The maximum atomic E-state index is 11.9. The lowest BCUT2D eigenvalue weighted by Crippen LogP contribution is -2.46. The van der Waals surface area contributed by atoms with Crippen LogP contribution in [0.5, 0.6) is 5.75 Å². The minimum absolute atomic E-state index is 0.0901. The number of carbonyl (C=O) groups excluding carboxylic acids is 2. The van der Waals surface area contributed by atoms with E-state index < -0.39 is 6.10 Å². The highest BCUT2D eigenvalue weighted by atomic mass is 79.9. The van der Waals surface area contributed by atoms with Gasteiger partial charge in [-0.2, -0.15) is 0 Å². The highest BCUT2D eigenvalue weighted by Crippen LogP contribution is 2.34. The minimum atomic E-state index is -0.623. The number of carbonyl (C=O) groups is 2. The van der Waals surface area contributed by atoms with Gasteiger partial charge in [0.05, 0.1) is 11.8 Å². The lowest BCUT2D eigenvalue weighted by molar-refractivity contribution is -0.125. The quantitative estimate of drug-likeness (QED) is 0.842. The number of hydrogen-bond donors (Lipinski definition) is 2. The van der Waals surface area contributed by atoms with Crippen LogP contribution in [0.2, 0.25) is 0 Å². The number of nitrogens with zero attached hydrogens (tertiary/aromatic N) is 1. The van der Waals surface area contributed by atoms with Gasteiger partial charge in [0.25, 0.3) is 5.91 Å². The Bertz CT molecular complexity index is 533. The number of fused-ring (bicyclic) bond motifs is 1. The zero-order valence-corrected chi connectivity index (χ0v) is 12.5. The van der Waals surface area contributed by atoms with Crippen LogP contribution in [0.1, 0.15) is 6.92 Å². The van der Waals surface area contributed by atoms with Crippen molar-refractivity contribution in [2.75, 3.05) is 24.6 Å². The smallest absolute Gasteiger partial charge is 0.265 e. The molecule has 7 heteroatoms. The average Bonchev–Trinajstić information content (AvgIpc) is 2.39. The summed E-state index contributed by atoms with van der Waals surface area (Å²) in [4.78, 5) is 25.0. The number of aliphatic hydroxyl groups excluding tert-OH is 1. The third-order valence-electron chi connectivity index (χ3n) is 2.76. The van der Waals surface area contributed by atoms with E-state index in [1.807, 2.05) is 0 Å². The van der Waals surface area contributed by atoms with Crippen LogP contribution in [0.15, 0.2) is 22.7 Å². The standard InChI is InChI=1S/C13H15BrN2O4/c1-8(17)5-15-12(18)6-16-10-3-2-9(14)4-11(10)20-7-13(16)19/h2-4,8,17H,5-7H2,1H3,(H,15,18). The fraction of sp³-hybridized carbons (Fsp3) is 0.385. The van der Waals surface area contributed by atoms with Crippen molar-refractivity contribution in [2.24, 2.45) is 0 Å². The molecule has 6 nitrogen and oxygen atoms in total. The zero-order chi connectivity index (χ0) is 14.7. The van der Waals surface area contributed by atoms with Gasteiger partial charge in [-0.1, -0.05) is 15.9 Å². The number of anilines is 1. The molecule has 1 aromatic carbocycles. The van der Waals surface area contributed by atoms with Crippen LogP contribution in [-0.2, 0) is 9.59 Å². The summed E-state index contributed by atoms with van der Waals surface area (Å²) < 4.78 is 6.17. The molecule has 0 radical (unpaired) electrons. The van der Waals surface area contributed by atoms with Gasteiger partial charge in [-0.15, -0.1) is 0 Å². The maximum absolute atomic E-state index is 11.9. The van der Waals surface area contributed by atoms with E-state index in [-0.39, 0.29) is 31.5 Å². The van der Waals surface area contributed by atoms with E-state index in [1.165, 1.54) is 4.90 Å². The molecule has 0 fully saturated rings. The summed E-state index contributed by atoms with van der Waals surface area (Å²) in [6.45, 7) is 1.55. The van der Waals surface area contributed by atoms with Crippen LogP contribution in [0.25, 0.3) is 0 Å². The first-order valence-electron chi connectivity index (χ1n) is 6.15. The monoisotopic (exact) mass is 342 g/mol. The number of benzene rings is 1. The van der Waals surface area contributed by atoms with Crippen molar-refractivity contribution in [1.82, 2.24) is 5.32 Å². The predicted octanol–water partition coefficient (Wildman–Crippen LogP) is 0.671. The van der Waals surface area contributed by atoms with Crippen molar-refractivity contribution in [3.63, 3.8) is 0 Å². The molecule has 20 heavy (non-hydrogen) atoms. The summed E-state index contributed by atoms with van der Waals surface area (Å²) >= 11 is 3.33. The lowest BCUT2D eigenvalue weighted by atomic mass is 10.2. The number of rotatable bonds is 4. The second-order valence-electron chi connectivity index (χ2n) is 4.53. The molecule has 0 saturated carbocycles. The van der Waals surface area contributed by atoms with E-state index >= 15 is 0 Å². The Balaban J connectivity index is 2.11. The van der Waals surface area contributed by atoms with Gasteiger partial charge in [0, 0.05) is 11.0 Å². The van der Waals surface area contributed by atoms with Crippen LogP contribution >= 0.6 is 15.9 Å². The van der Waals surface area contributed by atoms with Gasteiger partial charge in [-0.05, 0) is 25.1 Å². The fourth-order valence-electron chi connectivity index (χ4n) is 1.81. The highest BCUT2D eigenvalue weighted by Gasteiger charge is 2.27. The molecule has 2 N–H and O–H groups in total. The van der Waals surface area contributed by atoms with Gasteiger partial charge < -0.3 is 15.2 Å². The molecule has 1 heterocycles. The van der Waals surface area contributed by atoms with Gasteiger partial charge in [-0.3, -0.25) is 14.5 Å². The predicted molar refractivity (Wildman–Crippen MR) is 76.7 cm³/mol. The Labute approximate surface area is 124 Å². The maximum Gasteiger partial charge on any atom is 0.265 e. The minimum Gasteiger partial charge on any atom is -0.482 e. The Morgan fingerprint density at radius 2 is 2.35 bits per heavy atom. The van der Waals surface area contributed by atoms with E-state index in [9.17, 15) is 9.59 Å². The van der Waals surface area contributed by atoms with E-state index in [1.54, 1.807) is 25.1 Å². The second-order valence-corrected chi connectivity index (χ2v) is 5.45. The first kappa shape index (κ1) is 14.8. The van der Waals surface area contributed by atoms with Gasteiger partial charge >= 0.3 is 0 Å². The third kappa shape index (κ3) is 3.49. The normalized spacial score (nSPS) is 15.3. The molecular formula is C13H15BrN2O4. The Morgan fingerprint density at radius 1 is 1.60 bits per heavy atom. The zero-order valence-electron chi connectivity index (χ0n) is 10.9. The Morgan fingerprint density at radius 3 is 3.05 bits per heavy atom. The molecule has 108 valence electrons. The summed E-state index contributed by atoms with van der Waals surface area (Å²) in [6, 6.07) is 5.25. The van der Waals surface area contributed by atoms with Gasteiger partial charge in [0.2, 0.25) is 5.91 Å². The van der Waals surface area contributed by atoms with E-state index in [0.29, 0.717) is 11.4 Å². The van der Waals surface area contributed by atoms with Crippen LogP contribution in [0.4, 0.5) is 5.69 Å². The molecule has 1 aliphatic heterocycles. The van der Waals surface area contributed by atoms with Gasteiger partial charge in [0.1, 0.15) is 12.3 Å². The molecule has 0 bridgehead atoms. The molecule has 1 aliphatic rings. The SMILES string of the molecule is CC(O)CNC(=O)CN1C(=O)COc2cc(Br)ccc21. The van der Waals surface area contributed by atoms with Crippen molar-refractivity contribution in [2.45, 2.75) is 13.0 Å². The molecule has 0 aliphatic carbocycles. The molecular weight excluding hydrogens is 328 g/mol. The molecule has 1 atom stereocenters. The third-order valence-corrected chi connectivity index (χ3v) is 3.25. The van der Waals surface area contributed by atoms with Crippen LogP contribution < -0.4 is 15.0 Å². The topological polar surface area (TPSA) is 78.9 Å². The van der Waals surface area contributed by atoms with Crippen LogP contribution in [0, 0.1) is 0 Å². The van der Waals surface area contributed by atoms with Crippen molar-refractivity contribution in [3.05, 3.63) is 22.7 Å². The van der Waals surface area contributed by atoms with Crippen molar-refractivity contribution < 1.29 is 19.4 Å². The summed E-state index contributed by atoms with van der Waals surface area (Å²) in [5, 5.41) is 11.7. The summed E-state index contributed by atoms with van der Waals surface area (Å²) in [5.41, 5.74) is 0.566. The van der Waals surface area contributed by atoms with Gasteiger partial charge in [-0.25, -0.2) is 0 Å². The molecule has 1 unspecified atom stereocenters. The lowest BCUT2D eigenvalue weighted by Gasteiger charge is -2.29. The molecule has 0 spiro atoms.